The van der Waals surface area contributed by atoms with Gasteiger partial charge in [-0.1, -0.05) is 5.16 Å². The third kappa shape index (κ3) is 3.21. The van der Waals surface area contributed by atoms with E-state index in [9.17, 15) is 0 Å². The number of thioether (sulfide) groups is 1. The molecule has 1 aromatic rings. The van der Waals surface area contributed by atoms with Crippen LogP contribution in [-0.4, -0.2) is 28.2 Å². The maximum absolute atomic E-state index is 5.43. The van der Waals surface area contributed by atoms with E-state index in [0.29, 0.717) is 6.54 Å². The quantitative estimate of drug-likeness (QED) is 0.820. The van der Waals surface area contributed by atoms with Crippen molar-refractivity contribution in [2.45, 2.75) is 25.7 Å². The van der Waals surface area contributed by atoms with Crippen LogP contribution in [0.5, 0.6) is 0 Å². The third-order valence-corrected chi connectivity index (χ3v) is 3.83. The van der Waals surface area contributed by atoms with E-state index in [2.05, 4.69) is 10.1 Å². The Morgan fingerprint density at radius 3 is 3.20 bits per heavy atom. The van der Waals surface area contributed by atoms with Gasteiger partial charge in [0.05, 0.1) is 0 Å². The minimum atomic E-state index is 0.684. The summed E-state index contributed by atoms with van der Waals surface area (Å²) in [4.78, 5) is 4.37. The number of nitrogens with two attached hydrogens (primary N) is 1. The Balaban J connectivity index is 1.83. The van der Waals surface area contributed by atoms with Crippen molar-refractivity contribution in [1.29, 1.82) is 0 Å². The molecule has 1 unspecified atom stereocenters. The summed E-state index contributed by atoms with van der Waals surface area (Å²) in [5, 5.41) is 3.95. The number of aryl methyl sites for hydroxylation is 1. The Kier molecular flexibility index (Phi) is 4.02. The molecule has 2 rings (SSSR count). The van der Waals surface area contributed by atoms with E-state index in [-0.39, 0.29) is 0 Å². The van der Waals surface area contributed by atoms with Gasteiger partial charge in [0.25, 0.3) is 0 Å². The molecule has 2 heterocycles. The van der Waals surface area contributed by atoms with Gasteiger partial charge in [-0.3, -0.25) is 0 Å². The zero-order valence-corrected chi connectivity index (χ0v) is 9.63. The topological polar surface area (TPSA) is 64.9 Å². The highest BCUT2D eigenvalue weighted by Gasteiger charge is 2.18. The van der Waals surface area contributed by atoms with Crippen LogP contribution in [0.4, 0.5) is 0 Å². The molecule has 1 fully saturated rings. The van der Waals surface area contributed by atoms with Gasteiger partial charge >= 0.3 is 0 Å². The molecule has 0 spiro atoms. The zero-order valence-electron chi connectivity index (χ0n) is 8.82. The predicted molar refractivity (Wildman–Crippen MR) is 60.8 cm³/mol. The lowest BCUT2D eigenvalue weighted by Gasteiger charge is -2.01. The Bertz CT molecular complexity index is 297. The van der Waals surface area contributed by atoms with Gasteiger partial charge in [-0.25, -0.2) is 0 Å². The first kappa shape index (κ1) is 11.0. The number of rotatable bonds is 5. The van der Waals surface area contributed by atoms with Gasteiger partial charge in [0, 0.05) is 12.8 Å². The summed E-state index contributed by atoms with van der Waals surface area (Å²) in [6.45, 7) is 0.684. The van der Waals surface area contributed by atoms with Crippen LogP contribution in [0.15, 0.2) is 4.52 Å². The molecular formula is C10H17N3OS. The normalized spacial score (nSPS) is 21.0. The molecule has 1 aliphatic heterocycles. The fourth-order valence-electron chi connectivity index (χ4n) is 1.73. The second-order valence-corrected chi connectivity index (χ2v) is 5.08. The van der Waals surface area contributed by atoms with Crippen LogP contribution >= 0.6 is 11.8 Å². The number of aromatic nitrogens is 2. The molecule has 84 valence electrons. The highest BCUT2D eigenvalue weighted by atomic mass is 32.2. The summed E-state index contributed by atoms with van der Waals surface area (Å²) in [5.41, 5.74) is 5.43. The average molecular weight is 227 g/mol. The van der Waals surface area contributed by atoms with E-state index in [0.717, 1.165) is 36.9 Å². The maximum atomic E-state index is 5.43. The molecule has 0 saturated carbocycles. The fourth-order valence-corrected chi connectivity index (χ4v) is 3.01. The Labute approximate surface area is 94.0 Å². The molecule has 1 aliphatic rings. The molecule has 0 amide bonds. The van der Waals surface area contributed by atoms with Gasteiger partial charge in [0.1, 0.15) is 0 Å². The first-order valence-corrected chi connectivity index (χ1v) is 6.63. The summed E-state index contributed by atoms with van der Waals surface area (Å²) in [6.07, 6.45) is 3.99. The molecular weight excluding hydrogens is 210 g/mol. The van der Waals surface area contributed by atoms with Crippen LogP contribution in [0.2, 0.25) is 0 Å². The summed E-state index contributed by atoms with van der Waals surface area (Å²) >= 11 is 2.02. The van der Waals surface area contributed by atoms with Gasteiger partial charge in [-0.05, 0) is 36.8 Å². The monoisotopic (exact) mass is 227 g/mol. The van der Waals surface area contributed by atoms with Crippen molar-refractivity contribution < 1.29 is 4.52 Å². The van der Waals surface area contributed by atoms with Crippen LogP contribution in [-0.2, 0) is 12.8 Å². The van der Waals surface area contributed by atoms with Crippen LogP contribution in [0.3, 0.4) is 0 Å². The molecule has 15 heavy (non-hydrogen) atoms. The summed E-state index contributed by atoms with van der Waals surface area (Å²) in [6, 6.07) is 0. The van der Waals surface area contributed by atoms with Crippen molar-refractivity contribution in [2.24, 2.45) is 11.7 Å². The minimum Gasteiger partial charge on any atom is -0.339 e. The zero-order chi connectivity index (χ0) is 10.5. The highest BCUT2D eigenvalue weighted by Crippen LogP contribution is 2.26. The van der Waals surface area contributed by atoms with E-state index in [1.54, 1.807) is 0 Å². The number of hydrogen-bond acceptors (Lipinski definition) is 5. The molecule has 4 nitrogen and oxygen atoms in total. The van der Waals surface area contributed by atoms with E-state index in [1.807, 2.05) is 11.8 Å². The standard InChI is InChI=1S/C10H17N3OS/c11-4-1-2-9-12-10(14-13-9)6-8-3-5-15-7-8/h8H,1-7,11H2. The Hall–Kier alpha value is -0.550. The van der Waals surface area contributed by atoms with Crippen molar-refractivity contribution in [3.8, 4) is 0 Å². The smallest absolute Gasteiger partial charge is 0.226 e. The van der Waals surface area contributed by atoms with E-state index >= 15 is 0 Å². The molecule has 2 N–H and O–H groups in total. The SMILES string of the molecule is NCCCc1noc(CC2CCSC2)n1. The number of nitrogens with zero attached hydrogens (tertiary/aromatic N) is 2. The third-order valence-electron chi connectivity index (χ3n) is 2.60. The van der Waals surface area contributed by atoms with Crippen molar-refractivity contribution in [3.63, 3.8) is 0 Å². The van der Waals surface area contributed by atoms with Gasteiger partial charge in [-0.15, -0.1) is 0 Å². The van der Waals surface area contributed by atoms with Gasteiger partial charge in [0.15, 0.2) is 5.82 Å². The molecule has 1 atom stereocenters. The van der Waals surface area contributed by atoms with E-state index in [1.165, 1.54) is 17.9 Å². The summed E-state index contributed by atoms with van der Waals surface area (Å²) in [5.74, 6) is 4.85. The molecule has 1 aromatic heterocycles. The van der Waals surface area contributed by atoms with Crippen LogP contribution in [0.1, 0.15) is 24.6 Å². The van der Waals surface area contributed by atoms with Crippen molar-refractivity contribution in [2.75, 3.05) is 18.1 Å². The lowest BCUT2D eigenvalue weighted by molar-refractivity contribution is 0.355. The first-order chi connectivity index (χ1) is 7.38. The van der Waals surface area contributed by atoms with E-state index < -0.39 is 0 Å². The molecule has 0 radical (unpaired) electrons. The van der Waals surface area contributed by atoms with Gasteiger partial charge in [0.2, 0.25) is 5.89 Å². The molecule has 0 bridgehead atoms. The van der Waals surface area contributed by atoms with Crippen LogP contribution < -0.4 is 5.73 Å². The predicted octanol–water partition coefficient (Wildman–Crippen LogP) is 1.26. The van der Waals surface area contributed by atoms with Crippen molar-refractivity contribution >= 4 is 11.8 Å². The average Bonchev–Trinajstić information content (AvgIpc) is 2.87. The summed E-state index contributed by atoms with van der Waals surface area (Å²) in [7, 11) is 0. The lowest BCUT2D eigenvalue weighted by Crippen LogP contribution is -2.03. The van der Waals surface area contributed by atoms with Crippen LogP contribution in [0.25, 0.3) is 0 Å². The Morgan fingerprint density at radius 1 is 1.53 bits per heavy atom. The fraction of sp³-hybridized carbons (Fsp3) is 0.800. The largest absolute Gasteiger partial charge is 0.339 e. The molecule has 1 saturated heterocycles. The van der Waals surface area contributed by atoms with Gasteiger partial charge in [-0.2, -0.15) is 16.7 Å². The van der Waals surface area contributed by atoms with E-state index in [4.69, 9.17) is 10.3 Å². The molecule has 0 aromatic carbocycles. The molecule has 5 heteroatoms. The minimum absolute atomic E-state index is 0.684. The second kappa shape index (κ2) is 5.51. The van der Waals surface area contributed by atoms with Crippen molar-refractivity contribution in [3.05, 3.63) is 11.7 Å². The lowest BCUT2D eigenvalue weighted by atomic mass is 10.1. The van der Waals surface area contributed by atoms with Crippen LogP contribution in [0, 0.1) is 5.92 Å². The summed E-state index contributed by atoms with van der Waals surface area (Å²) < 4.78 is 5.21. The molecule has 0 aliphatic carbocycles. The second-order valence-electron chi connectivity index (χ2n) is 3.93. The first-order valence-electron chi connectivity index (χ1n) is 5.47. The van der Waals surface area contributed by atoms with Gasteiger partial charge < -0.3 is 10.3 Å². The number of hydrogen-bond donors (Lipinski definition) is 1. The maximum Gasteiger partial charge on any atom is 0.226 e. The van der Waals surface area contributed by atoms with Crippen molar-refractivity contribution in [1.82, 2.24) is 10.1 Å². The highest BCUT2D eigenvalue weighted by molar-refractivity contribution is 7.99. The Morgan fingerprint density at radius 2 is 2.47 bits per heavy atom.